The quantitative estimate of drug-likeness (QED) is 0.0574. The van der Waals surface area contributed by atoms with Crippen molar-refractivity contribution in [1.29, 1.82) is 0 Å². The Kier molecular flexibility index (Phi) is 52.1. The summed E-state index contributed by atoms with van der Waals surface area (Å²) in [5.74, 6) is 7.46. The number of Topliss-reactive ketones (excluding diaryl/α,β-unsaturated/α-hetero) is 6. The summed E-state index contributed by atoms with van der Waals surface area (Å²) in [6, 6.07) is 0. The van der Waals surface area contributed by atoms with Gasteiger partial charge in [0.25, 0.3) is 0 Å². The zero-order valence-electron chi connectivity index (χ0n) is 74.2. The van der Waals surface area contributed by atoms with E-state index in [0.29, 0.717) is 59.4 Å². The van der Waals surface area contributed by atoms with Gasteiger partial charge in [-0.25, -0.2) is 0 Å². The SMILES string of the molecule is C=CCCC(CC(C)(C)C)C(=O)CC(C)(C)C.C=CCCC(CC1CCCC1)C(=O)CC(C)(C)C.CCCCC(C(=O)CC(C)(C)C)C(C)(C)C.CCCCC(C(=O)CC(C)(C)C)C(C)C.CCCCC(CC(C)(C)C)C(=O)CC(C)(C)C.CCCCC(CC1CC1C)C(=O)CC(C)(C)C. The number of unbranched alkanes of at least 4 members (excludes halogenated alkanes) is 4. The summed E-state index contributed by atoms with van der Waals surface area (Å²) >= 11 is 0. The van der Waals surface area contributed by atoms with Crippen LogP contribution in [0.1, 0.15) is 434 Å². The van der Waals surface area contributed by atoms with Crippen LogP contribution in [0.2, 0.25) is 0 Å². The topological polar surface area (TPSA) is 102 Å². The summed E-state index contributed by atoms with van der Waals surface area (Å²) in [5.41, 5.74) is 1.34. The maximum atomic E-state index is 12.4. The number of hydrogen-bond acceptors (Lipinski definition) is 6. The third-order valence-corrected chi connectivity index (χ3v) is 19.3. The molecular weight excluding hydrogens is 1230 g/mol. The van der Waals surface area contributed by atoms with Crippen molar-refractivity contribution < 1.29 is 28.8 Å². The van der Waals surface area contributed by atoms with E-state index < -0.39 is 0 Å². The van der Waals surface area contributed by atoms with Gasteiger partial charge in [0.05, 0.1) is 0 Å². The Balaban J connectivity index is -0.000000554. The highest BCUT2D eigenvalue weighted by Crippen LogP contribution is 2.45. The van der Waals surface area contributed by atoms with Gasteiger partial charge in [0.2, 0.25) is 0 Å². The first-order valence-electron chi connectivity index (χ1n) is 41.6. The number of rotatable bonds is 37. The van der Waals surface area contributed by atoms with Crippen LogP contribution in [0.4, 0.5) is 0 Å². The third-order valence-electron chi connectivity index (χ3n) is 19.3. The highest BCUT2D eigenvalue weighted by molar-refractivity contribution is 5.84. The first-order valence-corrected chi connectivity index (χ1v) is 41.6. The molecule has 0 radical (unpaired) electrons. The predicted octanol–water partition coefficient (Wildman–Crippen LogP) is 29.5. The fraction of sp³-hybridized carbons (Fsp3) is 0.894. The van der Waals surface area contributed by atoms with Crippen molar-refractivity contribution in [3.8, 4) is 0 Å². The maximum Gasteiger partial charge on any atom is 0.137 e. The van der Waals surface area contributed by atoms with Gasteiger partial charge in [0, 0.05) is 74.0 Å². The number of allylic oxidation sites excluding steroid dienone is 2. The van der Waals surface area contributed by atoms with E-state index in [9.17, 15) is 28.8 Å². The third kappa shape index (κ3) is 62.8. The summed E-state index contributed by atoms with van der Waals surface area (Å²) in [7, 11) is 0. The molecule has 0 aromatic heterocycles. The number of carbonyl (C=O) groups excluding carboxylic acids is 6. The van der Waals surface area contributed by atoms with Crippen molar-refractivity contribution in [3.63, 3.8) is 0 Å². The van der Waals surface area contributed by atoms with Crippen LogP contribution in [0.5, 0.6) is 0 Å². The predicted molar refractivity (Wildman–Crippen MR) is 443 cm³/mol. The Bertz CT molecular complexity index is 2200. The lowest BCUT2D eigenvalue weighted by molar-refractivity contribution is -0.128. The average Bonchev–Trinajstić information content (AvgIpc) is 1.64. The van der Waals surface area contributed by atoms with Crippen molar-refractivity contribution in [2.24, 2.45) is 108 Å². The molecule has 0 bridgehead atoms. The van der Waals surface area contributed by atoms with Gasteiger partial charge in [-0.1, -0.05) is 325 Å². The standard InChI is InChI=1S/C17H30O.C16H30O.C16H32O.C16H30O.C15H30O.C14H28O/c1-5-6-11-15(12-14-9-7-8-10-14)16(18)13-17(2,3)4;1-6-7-8-13(10-14-9-12(14)2)15(17)11-16(3,4)5;2*1-8-9-10-13(11-15(2,3)4)14(17)12-16(5,6)7;1-8-9-10-12(15(5,6)7)13(16)11-14(2,3)4;1-7-8-9-12(11(2)3)13(15)10-14(4,5)6/h5,14-15H,1,6-13H2,2-4H3;12-14H,6-11H2,1-5H3;13H,8-12H2,1-7H3;8,13H,1,9-12H2,2-7H3;12H,8-11H2,1-7H3;11-12H,7-10H2,1-6H3. The van der Waals surface area contributed by atoms with Crippen LogP contribution in [0.25, 0.3) is 0 Å². The lowest BCUT2D eigenvalue weighted by Gasteiger charge is -2.31. The van der Waals surface area contributed by atoms with E-state index in [1.54, 1.807) is 0 Å². The summed E-state index contributed by atoms with van der Waals surface area (Å²) in [4.78, 5) is 73.8. The van der Waals surface area contributed by atoms with Gasteiger partial charge in [-0.3, -0.25) is 28.8 Å². The normalized spacial score (nSPS) is 17.3. The number of hydrogen-bond donors (Lipinski definition) is 0. The second kappa shape index (κ2) is 50.1. The van der Waals surface area contributed by atoms with E-state index in [1.807, 2.05) is 12.2 Å². The van der Waals surface area contributed by atoms with Gasteiger partial charge in [-0.05, 0) is 156 Å². The van der Waals surface area contributed by atoms with Gasteiger partial charge in [-0.15, -0.1) is 13.2 Å². The largest absolute Gasteiger partial charge is 0.299 e. The minimum Gasteiger partial charge on any atom is -0.299 e. The molecule has 0 heterocycles. The van der Waals surface area contributed by atoms with Crippen LogP contribution in [0, 0.1) is 108 Å². The number of ketones is 6. The van der Waals surface area contributed by atoms with E-state index in [-0.39, 0.29) is 78.3 Å². The Morgan fingerprint density at radius 3 is 0.950 bits per heavy atom. The van der Waals surface area contributed by atoms with Crippen molar-refractivity contribution in [2.45, 2.75) is 434 Å². The van der Waals surface area contributed by atoms with Crippen LogP contribution >= 0.6 is 0 Å². The van der Waals surface area contributed by atoms with Crippen LogP contribution < -0.4 is 0 Å². The van der Waals surface area contributed by atoms with E-state index in [4.69, 9.17) is 0 Å². The molecular formula is C94H180O6. The molecule has 2 aliphatic carbocycles. The van der Waals surface area contributed by atoms with Gasteiger partial charge < -0.3 is 0 Å². The Labute approximate surface area is 627 Å². The second-order valence-electron chi connectivity index (χ2n) is 43.2. The molecule has 592 valence electrons. The van der Waals surface area contributed by atoms with Crippen LogP contribution in [-0.2, 0) is 28.8 Å². The van der Waals surface area contributed by atoms with Crippen molar-refractivity contribution >= 4 is 34.7 Å². The average molecular weight is 1410 g/mol. The Morgan fingerprint density at radius 1 is 0.370 bits per heavy atom. The first-order chi connectivity index (χ1) is 45.2. The van der Waals surface area contributed by atoms with E-state index in [1.165, 1.54) is 77.0 Å². The van der Waals surface area contributed by atoms with Gasteiger partial charge in [0.15, 0.2) is 0 Å². The van der Waals surface area contributed by atoms with E-state index in [2.05, 4.69) is 249 Å². The molecule has 2 fully saturated rings. The Morgan fingerprint density at radius 2 is 0.650 bits per heavy atom. The number of carbonyl (C=O) groups is 6. The van der Waals surface area contributed by atoms with Gasteiger partial charge >= 0.3 is 0 Å². The second-order valence-corrected chi connectivity index (χ2v) is 43.2. The zero-order valence-corrected chi connectivity index (χ0v) is 74.2. The molecule has 0 aliphatic heterocycles. The Hall–Kier alpha value is -2.50. The molecule has 2 aliphatic rings. The lowest BCUT2D eigenvalue weighted by Crippen LogP contribution is -2.31. The monoisotopic (exact) mass is 1410 g/mol. The molecule has 8 atom stereocenters. The summed E-state index contributed by atoms with van der Waals surface area (Å²) in [6.45, 7) is 81.5. The minimum atomic E-state index is 0.0986. The molecule has 6 heteroatoms. The maximum absolute atomic E-state index is 12.4. The molecule has 8 unspecified atom stereocenters. The van der Waals surface area contributed by atoms with E-state index >= 15 is 0 Å². The first kappa shape index (κ1) is 104. The molecule has 0 aromatic carbocycles. The molecule has 0 spiro atoms. The van der Waals surface area contributed by atoms with Crippen LogP contribution in [-0.4, -0.2) is 34.7 Å². The van der Waals surface area contributed by atoms with Crippen LogP contribution in [0.15, 0.2) is 25.3 Å². The van der Waals surface area contributed by atoms with Gasteiger partial charge in [-0.2, -0.15) is 0 Å². The van der Waals surface area contributed by atoms with Crippen molar-refractivity contribution in [3.05, 3.63) is 25.3 Å². The lowest BCUT2D eigenvalue weighted by atomic mass is 9.72. The highest BCUT2D eigenvalue weighted by Gasteiger charge is 2.38. The fourth-order valence-electron chi connectivity index (χ4n) is 14.1. The molecule has 6 nitrogen and oxygen atoms in total. The molecule has 100 heavy (non-hydrogen) atoms. The summed E-state index contributed by atoms with van der Waals surface area (Å²) in [6.07, 6.45) is 36.9. The van der Waals surface area contributed by atoms with Crippen molar-refractivity contribution in [2.75, 3.05) is 0 Å². The smallest absolute Gasteiger partial charge is 0.137 e. The van der Waals surface area contributed by atoms with Crippen LogP contribution in [0.3, 0.4) is 0 Å². The molecule has 0 N–H and O–H groups in total. The van der Waals surface area contributed by atoms with E-state index in [0.717, 1.165) is 127 Å². The minimum absolute atomic E-state index is 0.0986. The molecule has 0 saturated heterocycles. The fourth-order valence-corrected chi connectivity index (χ4v) is 14.1. The summed E-state index contributed by atoms with van der Waals surface area (Å²) in [5, 5.41) is 0. The highest BCUT2D eigenvalue weighted by atomic mass is 16.1. The summed E-state index contributed by atoms with van der Waals surface area (Å²) < 4.78 is 0. The molecule has 0 amide bonds. The van der Waals surface area contributed by atoms with Crippen molar-refractivity contribution in [1.82, 2.24) is 0 Å². The van der Waals surface area contributed by atoms with Gasteiger partial charge in [0.1, 0.15) is 34.7 Å². The molecule has 2 rings (SSSR count). The molecule has 0 aromatic rings. The molecule has 2 saturated carbocycles. The zero-order chi connectivity index (χ0) is 79.1.